The van der Waals surface area contributed by atoms with Gasteiger partial charge >= 0.3 is 0 Å². The van der Waals surface area contributed by atoms with E-state index in [4.69, 9.17) is 10.3 Å². The van der Waals surface area contributed by atoms with E-state index in [0.717, 1.165) is 21.3 Å². The highest BCUT2D eigenvalue weighted by Gasteiger charge is 2.08. The number of rotatable bonds is 4. The van der Waals surface area contributed by atoms with Crippen LogP contribution in [0.5, 0.6) is 0 Å². The van der Waals surface area contributed by atoms with Crippen molar-refractivity contribution in [3.63, 3.8) is 0 Å². The van der Waals surface area contributed by atoms with Crippen LogP contribution in [0, 0.1) is 6.92 Å². The van der Waals surface area contributed by atoms with Crippen molar-refractivity contribution in [1.29, 1.82) is 0 Å². The highest BCUT2D eigenvalue weighted by Crippen LogP contribution is 2.29. The summed E-state index contributed by atoms with van der Waals surface area (Å²) in [6.07, 6.45) is 1.68. The van der Waals surface area contributed by atoms with Gasteiger partial charge in [0.05, 0.1) is 11.1 Å². The van der Waals surface area contributed by atoms with Crippen LogP contribution in [0.3, 0.4) is 0 Å². The van der Waals surface area contributed by atoms with Crippen molar-refractivity contribution < 1.29 is 9.21 Å². The molecule has 0 aliphatic heterocycles. The second-order valence-corrected chi connectivity index (χ2v) is 5.55. The van der Waals surface area contributed by atoms with Gasteiger partial charge in [-0.15, -0.1) is 23.1 Å². The predicted octanol–water partition coefficient (Wildman–Crippen LogP) is 2.55. The lowest BCUT2D eigenvalue weighted by Gasteiger charge is -1.97. The number of thioether (sulfide) groups is 1. The molecule has 0 aliphatic rings. The summed E-state index contributed by atoms with van der Waals surface area (Å²) < 4.78 is 5.22. The number of amides is 1. The highest BCUT2D eigenvalue weighted by molar-refractivity contribution is 7.98. The molecule has 0 unspecified atom stereocenters. The summed E-state index contributed by atoms with van der Waals surface area (Å²) in [5.41, 5.74) is 2.12. The number of aryl methyl sites for hydroxylation is 1. The fraction of sp³-hybridized carbons (Fsp3) is 0.182. The number of thiophene rings is 1. The lowest BCUT2D eigenvalue weighted by molar-refractivity contribution is 0.0957. The lowest BCUT2D eigenvalue weighted by atomic mass is 10.4. The number of furan rings is 1. The molecular formula is C11H12N2O2S2. The summed E-state index contributed by atoms with van der Waals surface area (Å²) >= 11 is 3.14. The maximum Gasteiger partial charge on any atom is 0.275 e. The Hall–Kier alpha value is -1.24. The number of nitrogens with one attached hydrogen (secondary N) is 1. The Labute approximate surface area is 107 Å². The van der Waals surface area contributed by atoms with Crippen molar-refractivity contribution in [3.8, 4) is 0 Å². The molecule has 4 nitrogen and oxygen atoms in total. The van der Waals surface area contributed by atoms with Gasteiger partial charge in [-0.1, -0.05) is 0 Å². The van der Waals surface area contributed by atoms with Gasteiger partial charge in [-0.3, -0.25) is 10.2 Å². The van der Waals surface area contributed by atoms with Crippen molar-refractivity contribution in [3.05, 3.63) is 40.0 Å². The first-order chi connectivity index (χ1) is 8.20. The summed E-state index contributed by atoms with van der Waals surface area (Å²) in [6, 6.07) is 5.67. The van der Waals surface area contributed by atoms with Crippen LogP contribution < -0.4 is 11.3 Å². The van der Waals surface area contributed by atoms with Gasteiger partial charge in [0.2, 0.25) is 0 Å². The first-order valence-electron chi connectivity index (χ1n) is 4.97. The third kappa shape index (κ3) is 2.91. The largest absolute Gasteiger partial charge is 0.468 e. The summed E-state index contributed by atoms with van der Waals surface area (Å²) in [5.74, 6) is 6.57. The van der Waals surface area contributed by atoms with Gasteiger partial charge in [0.15, 0.2) is 0 Å². The van der Waals surface area contributed by atoms with E-state index in [0.29, 0.717) is 4.88 Å². The lowest BCUT2D eigenvalue weighted by Crippen LogP contribution is -2.29. The van der Waals surface area contributed by atoms with E-state index in [-0.39, 0.29) is 5.91 Å². The van der Waals surface area contributed by atoms with E-state index >= 15 is 0 Å². The minimum absolute atomic E-state index is 0.245. The van der Waals surface area contributed by atoms with Gasteiger partial charge in [-0.05, 0) is 25.1 Å². The number of nitrogen functional groups attached to an aromatic ring is 1. The minimum Gasteiger partial charge on any atom is -0.468 e. The predicted molar refractivity (Wildman–Crippen MR) is 69.0 cm³/mol. The number of hydrogen-bond donors (Lipinski definition) is 2. The van der Waals surface area contributed by atoms with E-state index in [1.165, 1.54) is 11.3 Å². The number of hydrogen-bond acceptors (Lipinski definition) is 5. The Morgan fingerprint density at radius 1 is 1.53 bits per heavy atom. The molecule has 0 aromatic carbocycles. The summed E-state index contributed by atoms with van der Waals surface area (Å²) in [7, 11) is 0. The molecule has 1 amide bonds. The molecule has 0 bridgehead atoms. The van der Waals surface area contributed by atoms with Crippen LogP contribution in [0.15, 0.2) is 33.8 Å². The molecule has 2 aromatic heterocycles. The van der Waals surface area contributed by atoms with Gasteiger partial charge in [0.25, 0.3) is 5.91 Å². The molecule has 2 rings (SSSR count). The fourth-order valence-corrected chi connectivity index (χ4v) is 3.24. The standard InChI is InChI=1S/C11H12N2O2S2/c1-7-9(4-5-15-7)16-6-8-2-3-10(17-8)11(14)13-12/h2-5H,6,12H2,1H3,(H,13,14). The second-order valence-electron chi connectivity index (χ2n) is 3.37. The van der Waals surface area contributed by atoms with E-state index in [1.54, 1.807) is 24.1 Å². The number of nitrogens with two attached hydrogens (primary N) is 1. The average Bonchev–Trinajstić information content (AvgIpc) is 2.94. The molecule has 0 radical (unpaired) electrons. The van der Waals surface area contributed by atoms with Crippen molar-refractivity contribution in [2.45, 2.75) is 17.6 Å². The van der Waals surface area contributed by atoms with Gasteiger partial charge in [0, 0.05) is 15.5 Å². The Morgan fingerprint density at radius 3 is 3.00 bits per heavy atom. The van der Waals surface area contributed by atoms with Crippen molar-refractivity contribution >= 4 is 29.0 Å². The summed E-state index contributed by atoms with van der Waals surface area (Å²) in [6.45, 7) is 1.93. The van der Waals surface area contributed by atoms with Crippen molar-refractivity contribution in [1.82, 2.24) is 5.43 Å². The molecule has 90 valence electrons. The third-order valence-corrected chi connectivity index (χ3v) is 4.65. The smallest absolute Gasteiger partial charge is 0.275 e. The number of hydrazine groups is 1. The first-order valence-corrected chi connectivity index (χ1v) is 6.77. The average molecular weight is 268 g/mol. The van der Waals surface area contributed by atoms with Crippen LogP contribution >= 0.6 is 23.1 Å². The van der Waals surface area contributed by atoms with Gasteiger partial charge in [-0.25, -0.2) is 5.84 Å². The molecule has 0 spiro atoms. The maximum atomic E-state index is 11.3. The molecule has 17 heavy (non-hydrogen) atoms. The fourth-order valence-electron chi connectivity index (χ4n) is 1.32. The van der Waals surface area contributed by atoms with E-state index < -0.39 is 0 Å². The normalized spacial score (nSPS) is 10.5. The Balaban J connectivity index is 1.98. The molecule has 3 N–H and O–H groups in total. The van der Waals surface area contributed by atoms with Crippen LogP contribution in [-0.2, 0) is 5.75 Å². The molecule has 2 heterocycles. The van der Waals surface area contributed by atoms with Crippen LogP contribution in [-0.4, -0.2) is 5.91 Å². The van der Waals surface area contributed by atoms with Gasteiger partial charge in [-0.2, -0.15) is 0 Å². The minimum atomic E-state index is -0.245. The van der Waals surface area contributed by atoms with Crippen molar-refractivity contribution in [2.24, 2.45) is 5.84 Å². The van der Waals surface area contributed by atoms with Crippen LogP contribution in [0.25, 0.3) is 0 Å². The van der Waals surface area contributed by atoms with Crippen LogP contribution in [0.4, 0.5) is 0 Å². The van der Waals surface area contributed by atoms with Crippen molar-refractivity contribution in [2.75, 3.05) is 0 Å². The van der Waals surface area contributed by atoms with E-state index in [2.05, 4.69) is 5.43 Å². The highest BCUT2D eigenvalue weighted by atomic mass is 32.2. The third-order valence-electron chi connectivity index (χ3n) is 2.20. The quantitative estimate of drug-likeness (QED) is 0.387. The zero-order chi connectivity index (χ0) is 12.3. The monoisotopic (exact) mass is 268 g/mol. The number of carbonyl (C=O) groups is 1. The molecule has 0 saturated heterocycles. The molecular weight excluding hydrogens is 256 g/mol. The number of carbonyl (C=O) groups excluding carboxylic acids is 1. The molecule has 0 fully saturated rings. The summed E-state index contributed by atoms with van der Waals surface area (Å²) in [5, 5.41) is 0. The van der Waals surface area contributed by atoms with Gasteiger partial charge < -0.3 is 4.42 Å². The zero-order valence-electron chi connectivity index (χ0n) is 9.23. The topological polar surface area (TPSA) is 68.3 Å². The van der Waals surface area contributed by atoms with Crippen LogP contribution in [0.1, 0.15) is 20.3 Å². The molecule has 0 aliphatic carbocycles. The Bertz CT molecular complexity index is 519. The van der Waals surface area contributed by atoms with E-state index in [9.17, 15) is 4.79 Å². The maximum absolute atomic E-state index is 11.3. The van der Waals surface area contributed by atoms with Crippen LogP contribution in [0.2, 0.25) is 0 Å². The molecule has 0 atom stereocenters. The zero-order valence-corrected chi connectivity index (χ0v) is 10.9. The van der Waals surface area contributed by atoms with E-state index in [1.807, 2.05) is 19.1 Å². The van der Waals surface area contributed by atoms with Gasteiger partial charge in [0.1, 0.15) is 5.76 Å². The second kappa shape index (κ2) is 5.39. The molecule has 2 aromatic rings. The SMILES string of the molecule is Cc1occc1SCc1ccc(C(=O)NN)s1. The summed E-state index contributed by atoms with van der Waals surface area (Å²) in [4.78, 5) is 14.2. The Kier molecular flexibility index (Phi) is 3.88. The first kappa shape index (κ1) is 12.2. The molecule has 0 saturated carbocycles. The molecule has 6 heteroatoms. The Morgan fingerprint density at radius 2 is 2.35 bits per heavy atom.